The Bertz CT molecular complexity index is 829. The van der Waals surface area contributed by atoms with Gasteiger partial charge in [0.2, 0.25) is 0 Å². The summed E-state index contributed by atoms with van der Waals surface area (Å²) in [6.45, 7) is 7.15. The lowest BCUT2D eigenvalue weighted by Crippen LogP contribution is -2.44. The Hall–Kier alpha value is -1.95. The maximum absolute atomic E-state index is 6.18. The summed E-state index contributed by atoms with van der Waals surface area (Å²) < 4.78 is 0. The zero-order valence-corrected chi connectivity index (χ0v) is 17.2. The van der Waals surface area contributed by atoms with Crippen LogP contribution in [-0.2, 0) is 13.0 Å². The molecule has 28 heavy (non-hydrogen) atoms. The predicted octanol–water partition coefficient (Wildman–Crippen LogP) is 3.57. The molecular weight excluding hydrogens is 370 g/mol. The highest BCUT2D eigenvalue weighted by Gasteiger charge is 2.20. The van der Waals surface area contributed by atoms with E-state index in [9.17, 15) is 0 Å². The zero-order chi connectivity index (χ0) is 19.3. The Labute approximate surface area is 172 Å². The van der Waals surface area contributed by atoms with Gasteiger partial charge in [-0.3, -0.25) is 9.97 Å². The van der Waals surface area contributed by atoms with E-state index in [1.165, 1.54) is 24.2 Å². The largest absolute Gasteiger partial charge is 0.346 e. The summed E-state index contributed by atoms with van der Waals surface area (Å²) >= 11 is 6.18. The molecule has 5 nitrogen and oxygen atoms in total. The number of piperidine rings is 1. The van der Waals surface area contributed by atoms with Crippen LogP contribution in [0.15, 0.2) is 42.9 Å². The molecule has 1 N–H and O–H groups in total. The van der Waals surface area contributed by atoms with Crippen molar-refractivity contribution in [2.75, 3.05) is 31.1 Å². The maximum atomic E-state index is 6.18. The van der Waals surface area contributed by atoms with Crippen LogP contribution in [0.3, 0.4) is 0 Å². The van der Waals surface area contributed by atoms with Gasteiger partial charge < -0.3 is 15.1 Å². The first-order valence-corrected chi connectivity index (χ1v) is 10.5. The second kappa shape index (κ2) is 9.03. The van der Waals surface area contributed by atoms with Crippen molar-refractivity contribution in [3.8, 4) is 0 Å². The lowest BCUT2D eigenvalue weighted by molar-refractivity contribution is 0.201. The van der Waals surface area contributed by atoms with Gasteiger partial charge >= 0.3 is 0 Å². The second-order valence-corrected chi connectivity index (χ2v) is 8.07. The number of fused-ring (bicyclic) bond motifs is 1. The molecule has 2 aliphatic heterocycles. The first kappa shape index (κ1) is 19.4. The average molecular weight is 398 g/mol. The van der Waals surface area contributed by atoms with E-state index < -0.39 is 0 Å². The topological polar surface area (TPSA) is 44.3 Å². The third-order valence-corrected chi connectivity index (χ3v) is 6.08. The Morgan fingerprint density at radius 2 is 2.07 bits per heavy atom. The van der Waals surface area contributed by atoms with Crippen LogP contribution in [0.25, 0.3) is 0 Å². The number of hydrogen-bond acceptors (Lipinski definition) is 5. The molecule has 0 radical (unpaired) electrons. The van der Waals surface area contributed by atoms with E-state index in [1.54, 1.807) is 0 Å². The molecule has 0 amide bonds. The number of hydrogen-bond donors (Lipinski definition) is 1. The number of halogens is 1. The van der Waals surface area contributed by atoms with E-state index in [0.29, 0.717) is 6.04 Å². The summed E-state index contributed by atoms with van der Waals surface area (Å²) in [6, 6.07) is 6.79. The number of nitrogens with zero attached hydrogens (tertiary/aromatic N) is 4. The number of anilines is 1. The molecule has 0 aliphatic carbocycles. The Balaban J connectivity index is 1.21. The van der Waals surface area contributed by atoms with Gasteiger partial charge in [0.25, 0.3) is 0 Å². The maximum Gasteiger partial charge on any atom is 0.0678 e. The fourth-order valence-electron chi connectivity index (χ4n) is 3.93. The van der Waals surface area contributed by atoms with E-state index in [4.69, 9.17) is 11.6 Å². The fourth-order valence-corrected chi connectivity index (χ4v) is 4.12. The van der Waals surface area contributed by atoms with E-state index in [2.05, 4.69) is 43.4 Å². The van der Waals surface area contributed by atoms with Gasteiger partial charge in [0.1, 0.15) is 0 Å². The molecule has 2 aromatic rings. The molecule has 0 unspecified atom stereocenters. The highest BCUT2D eigenvalue weighted by atomic mass is 35.5. The Morgan fingerprint density at radius 1 is 1.21 bits per heavy atom. The lowest BCUT2D eigenvalue weighted by atomic mass is 10.0. The Morgan fingerprint density at radius 3 is 2.89 bits per heavy atom. The van der Waals surface area contributed by atoms with Crippen molar-refractivity contribution in [2.45, 2.75) is 38.8 Å². The van der Waals surface area contributed by atoms with Gasteiger partial charge in [-0.2, -0.15) is 0 Å². The van der Waals surface area contributed by atoms with Crippen LogP contribution in [0.4, 0.5) is 5.69 Å². The first-order chi connectivity index (χ1) is 13.7. The molecule has 0 atom stereocenters. The molecular formula is C22H28ClN5. The first-order valence-electron chi connectivity index (χ1n) is 10.1. The molecule has 148 valence electrons. The predicted molar refractivity (Wildman–Crippen MR) is 115 cm³/mol. The van der Waals surface area contributed by atoms with Crippen LogP contribution in [0, 0.1) is 6.92 Å². The number of allylic oxidation sites excluding steroid dienone is 1. The van der Waals surface area contributed by atoms with Crippen LogP contribution < -0.4 is 10.2 Å². The van der Waals surface area contributed by atoms with Gasteiger partial charge in [-0.1, -0.05) is 17.7 Å². The van der Waals surface area contributed by atoms with Gasteiger partial charge in [0, 0.05) is 50.7 Å². The standard InChI is InChI=1S/C22H28ClN5/c1-17-20(23)14-18(15-25-17)16-26-19-6-10-27(11-7-19)12-13-28-9-3-4-21-22(28)5-2-8-24-21/h2-3,5,8-9,14-15,19,26H,4,6-7,10-13,16H2,1H3. The summed E-state index contributed by atoms with van der Waals surface area (Å²) in [5.74, 6) is 0. The SMILES string of the molecule is Cc1ncc(CNC2CCN(CCN3C=CCc4ncccc43)CC2)cc1Cl. The number of likely N-dealkylation sites (tertiary alicyclic amines) is 1. The summed E-state index contributed by atoms with van der Waals surface area (Å²) in [6.07, 6.45) is 11.5. The number of aryl methyl sites for hydroxylation is 1. The molecule has 2 aliphatic rings. The van der Waals surface area contributed by atoms with E-state index in [0.717, 1.165) is 55.4 Å². The summed E-state index contributed by atoms with van der Waals surface area (Å²) in [5, 5.41) is 4.42. The minimum absolute atomic E-state index is 0.566. The van der Waals surface area contributed by atoms with Crippen LogP contribution in [0.1, 0.15) is 29.8 Å². The van der Waals surface area contributed by atoms with Crippen molar-refractivity contribution >= 4 is 17.3 Å². The normalized spacial score (nSPS) is 17.7. The number of nitrogens with one attached hydrogen (secondary N) is 1. The molecule has 0 aromatic carbocycles. The minimum Gasteiger partial charge on any atom is -0.346 e. The van der Waals surface area contributed by atoms with Gasteiger partial charge in [0.15, 0.2) is 0 Å². The monoisotopic (exact) mass is 397 g/mol. The fraction of sp³-hybridized carbons (Fsp3) is 0.455. The van der Waals surface area contributed by atoms with Gasteiger partial charge in [-0.25, -0.2) is 0 Å². The molecule has 0 bridgehead atoms. The molecule has 1 saturated heterocycles. The number of rotatable bonds is 6. The average Bonchev–Trinajstić information content (AvgIpc) is 2.74. The number of pyridine rings is 2. The minimum atomic E-state index is 0.566. The molecule has 4 heterocycles. The molecule has 6 heteroatoms. The number of aromatic nitrogens is 2. The second-order valence-electron chi connectivity index (χ2n) is 7.66. The van der Waals surface area contributed by atoms with Crippen molar-refractivity contribution in [1.29, 1.82) is 0 Å². The lowest BCUT2D eigenvalue weighted by Gasteiger charge is -2.34. The van der Waals surface area contributed by atoms with Crippen molar-refractivity contribution in [3.05, 3.63) is 64.8 Å². The van der Waals surface area contributed by atoms with Crippen LogP contribution in [0.2, 0.25) is 5.02 Å². The van der Waals surface area contributed by atoms with Crippen LogP contribution >= 0.6 is 11.6 Å². The van der Waals surface area contributed by atoms with Crippen molar-refractivity contribution in [1.82, 2.24) is 20.2 Å². The van der Waals surface area contributed by atoms with Crippen molar-refractivity contribution in [3.63, 3.8) is 0 Å². The van der Waals surface area contributed by atoms with Gasteiger partial charge in [0.05, 0.1) is 22.1 Å². The van der Waals surface area contributed by atoms with Crippen LogP contribution in [0.5, 0.6) is 0 Å². The van der Waals surface area contributed by atoms with E-state index in [-0.39, 0.29) is 0 Å². The molecule has 2 aromatic heterocycles. The molecule has 1 fully saturated rings. The smallest absolute Gasteiger partial charge is 0.0678 e. The molecule has 4 rings (SSSR count). The molecule has 0 spiro atoms. The Kier molecular flexibility index (Phi) is 6.25. The molecule has 0 saturated carbocycles. The summed E-state index contributed by atoms with van der Waals surface area (Å²) in [4.78, 5) is 13.8. The zero-order valence-electron chi connectivity index (χ0n) is 16.4. The van der Waals surface area contributed by atoms with Gasteiger partial charge in [-0.15, -0.1) is 0 Å². The van der Waals surface area contributed by atoms with E-state index in [1.807, 2.05) is 31.5 Å². The third kappa shape index (κ3) is 4.72. The van der Waals surface area contributed by atoms with Crippen LogP contribution in [-0.4, -0.2) is 47.1 Å². The third-order valence-electron chi connectivity index (χ3n) is 5.69. The van der Waals surface area contributed by atoms with Gasteiger partial charge in [-0.05, 0) is 56.6 Å². The van der Waals surface area contributed by atoms with Crippen molar-refractivity contribution in [2.24, 2.45) is 0 Å². The summed E-state index contributed by atoms with van der Waals surface area (Å²) in [5.41, 5.74) is 4.48. The van der Waals surface area contributed by atoms with Crippen molar-refractivity contribution < 1.29 is 0 Å². The van der Waals surface area contributed by atoms with E-state index >= 15 is 0 Å². The quantitative estimate of drug-likeness (QED) is 0.807. The summed E-state index contributed by atoms with van der Waals surface area (Å²) in [7, 11) is 0. The highest BCUT2D eigenvalue weighted by Crippen LogP contribution is 2.23. The highest BCUT2D eigenvalue weighted by molar-refractivity contribution is 6.31.